The Labute approximate surface area is 240 Å². The number of aliphatic hydroxyl groups is 1. The zero-order valence-electron chi connectivity index (χ0n) is 22.0. The number of nitrogens with one attached hydrogen (secondary N) is 1. The molecule has 1 saturated heterocycles. The van der Waals surface area contributed by atoms with E-state index >= 15 is 0 Å². The summed E-state index contributed by atoms with van der Waals surface area (Å²) in [5.41, 5.74) is 2.41. The van der Waals surface area contributed by atoms with Gasteiger partial charge in [0.1, 0.15) is 5.01 Å². The number of carbonyl (C=O) groups excluding carboxylic acids is 2. The van der Waals surface area contributed by atoms with Gasteiger partial charge in [0, 0.05) is 43.2 Å². The molecule has 210 valence electrons. The quantitative estimate of drug-likeness (QED) is 0.345. The number of aryl methyl sites for hydroxylation is 2. The maximum atomic E-state index is 12.8. The van der Waals surface area contributed by atoms with Crippen molar-refractivity contribution < 1.29 is 14.7 Å². The average molecular weight is 572 g/mol. The van der Waals surface area contributed by atoms with Crippen LogP contribution in [0.15, 0.2) is 48.5 Å². The molecule has 0 radical (unpaired) electrons. The Hall–Kier alpha value is -2.85. The number of anilines is 1. The normalized spacial score (nSPS) is 15.5. The van der Waals surface area contributed by atoms with E-state index in [4.69, 9.17) is 11.6 Å². The van der Waals surface area contributed by atoms with Crippen molar-refractivity contribution in [3.63, 3.8) is 0 Å². The molecule has 8 nitrogen and oxygen atoms in total. The zero-order valence-corrected chi connectivity index (χ0v) is 23.6. The smallest absolute Gasteiger partial charge is 0.282 e. The van der Waals surface area contributed by atoms with Crippen LogP contribution in [0.2, 0.25) is 5.02 Å². The molecule has 0 saturated carbocycles. The highest BCUT2D eigenvalue weighted by atomic mass is 35.5. The van der Waals surface area contributed by atoms with E-state index in [-0.39, 0.29) is 31.7 Å². The number of nitrogens with zero attached hydrogens (tertiary/aromatic N) is 4. The Kier molecular flexibility index (Phi) is 10.6. The number of aromatic nitrogens is 2. The van der Waals surface area contributed by atoms with Gasteiger partial charge in [0.05, 0.1) is 11.6 Å². The van der Waals surface area contributed by atoms with Crippen LogP contribution in [0.4, 0.5) is 5.69 Å². The van der Waals surface area contributed by atoms with Crippen LogP contribution < -0.4 is 10.2 Å². The predicted octanol–water partition coefficient (Wildman–Crippen LogP) is 4.74. The summed E-state index contributed by atoms with van der Waals surface area (Å²) in [5.74, 6) is -0.324. The Morgan fingerprint density at radius 2 is 1.79 bits per heavy atom. The third-order valence-corrected chi connectivity index (χ3v) is 7.70. The van der Waals surface area contributed by atoms with E-state index in [1.165, 1.54) is 11.3 Å². The monoisotopic (exact) mass is 571 g/mol. The Balaban J connectivity index is 0.00000420. The molecule has 2 amide bonds. The molecule has 4 rings (SSSR count). The zero-order chi connectivity index (χ0) is 27.3. The molecule has 2 aromatic carbocycles. The van der Waals surface area contributed by atoms with E-state index < -0.39 is 5.60 Å². The largest absolute Gasteiger partial charge is 0.390 e. The highest BCUT2D eigenvalue weighted by molar-refractivity contribution is 7.13. The van der Waals surface area contributed by atoms with Crippen LogP contribution in [0.5, 0.6) is 0 Å². The fraction of sp³-hybridized carbons (Fsp3) is 0.448. The summed E-state index contributed by atoms with van der Waals surface area (Å²) in [4.78, 5) is 29.3. The number of halogens is 1. The summed E-state index contributed by atoms with van der Waals surface area (Å²) in [5, 5.41) is 22.9. The molecular weight excluding hydrogens is 534 g/mol. The summed E-state index contributed by atoms with van der Waals surface area (Å²) in [6.07, 6.45) is 2.41. The molecule has 10 heteroatoms. The van der Waals surface area contributed by atoms with E-state index in [0.717, 1.165) is 41.3 Å². The molecule has 1 atom stereocenters. The van der Waals surface area contributed by atoms with Gasteiger partial charge in [0.15, 0.2) is 0 Å². The van der Waals surface area contributed by atoms with Crippen molar-refractivity contribution in [2.45, 2.75) is 65.1 Å². The topological polar surface area (TPSA) is 98.7 Å². The number of rotatable bonds is 11. The summed E-state index contributed by atoms with van der Waals surface area (Å²) < 4.78 is 0. The Morgan fingerprint density at radius 1 is 1.13 bits per heavy atom. The lowest BCUT2D eigenvalue weighted by Crippen LogP contribution is -2.37. The minimum Gasteiger partial charge on any atom is -0.390 e. The number of amides is 2. The minimum absolute atomic E-state index is 0. The van der Waals surface area contributed by atoms with Gasteiger partial charge in [-0.1, -0.05) is 54.6 Å². The molecule has 1 aromatic heterocycles. The molecular formula is C29H38ClN5O3S. The Morgan fingerprint density at radius 3 is 2.46 bits per heavy atom. The first-order chi connectivity index (χ1) is 18.1. The second-order valence-electron chi connectivity index (χ2n) is 10.5. The maximum absolute atomic E-state index is 12.8. The van der Waals surface area contributed by atoms with Crippen molar-refractivity contribution in [2.24, 2.45) is 0 Å². The van der Waals surface area contributed by atoms with E-state index in [1.807, 2.05) is 69.4 Å². The second-order valence-corrected chi connectivity index (χ2v) is 12.0. The second kappa shape index (κ2) is 13.5. The predicted molar refractivity (Wildman–Crippen MR) is 157 cm³/mol. The first-order valence-electron chi connectivity index (χ1n) is 12.7. The van der Waals surface area contributed by atoms with Gasteiger partial charge < -0.3 is 20.2 Å². The van der Waals surface area contributed by atoms with Crippen molar-refractivity contribution >= 4 is 40.4 Å². The van der Waals surface area contributed by atoms with Crippen LogP contribution in [-0.4, -0.2) is 63.8 Å². The lowest BCUT2D eigenvalue weighted by Gasteiger charge is -2.23. The molecule has 2 heterocycles. The van der Waals surface area contributed by atoms with Crippen molar-refractivity contribution in [3.05, 3.63) is 74.7 Å². The molecule has 0 spiro atoms. The van der Waals surface area contributed by atoms with Crippen LogP contribution in [0.25, 0.3) is 0 Å². The summed E-state index contributed by atoms with van der Waals surface area (Å²) in [7, 11) is 2.03. The number of hydrogen-bond acceptors (Lipinski definition) is 7. The standard InChI is InChI=1S/C28H34ClN5O3S.CH4/c1-28(2,37)14-15-33(3)17-20-6-11-23(12-7-20)34-18-22(16-25(34)35)30-26(36)27-32-31-24(38-27)13-8-19-4-9-21(29)10-5-19;/h4-7,9-12,22,37H,8,13-18H2,1-3H3,(H,30,36);1H4/t22-;/m1./s1. The fourth-order valence-electron chi connectivity index (χ4n) is 4.29. The van der Waals surface area contributed by atoms with Crippen molar-refractivity contribution in [1.82, 2.24) is 20.4 Å². The van der Waals surface area contributed by atoms with E-state index in [0.29, 0.717) is 29.4 Å². The first-order valence-corrected chi connectivity index (χ1v) is 13.9. The SMILES string of the molecule is C.CN(CCC(C)(C)O)Cc1ccc(N2C[C@H](NC(=O)c3nnc(CCc4ccc(Cl)cc4)s3)CC2=O)cc1. The fourth-order valence-corrected chi connectivity index (χ4v) is 5.15. The van der Waals surface area contributed by atoms with Crippen LogP contribution in [-0.2, 0) is 24.2 Å². The molecule has 0 bridgehead atoms. The minimum atomic E-state index is -0.684. The summed E-state index contributed by atoms with van der Waals surface area (Å²) in [6.45, 7) is 5.58. The van der Waals surface area contributed by atoms with Crippen LogP contribution in [0.1, 0.15) is 60.1 Å². The molecule has 0 aliphatic carbocycles. The van der Waals surface area contributed by atoms with Gasteiger partial charge >= 0.3 is 0 Å². The number of hydrogen-bond donors (Lipinski definition) is 2. The molecule has 3 aromatic rings. The molecule has 2 N–H and O–H groups in total. The molecule has 0 unspecified atom stereocenters. The number of benzene rings is 2. The van der Waals surface area contributed by atoms with Gasteiger partial charge in [-0.15, -0.1) is 10.2 Å². The Bertz CT molecular complexity index is 1240. The molecule has 1 aliphatic heterocycles. The molecule has 1 aliphatic rings. The summed E-state index contributed by atoms with van der Waals surface area (Å²) in [6, 6.07) is 15.3. The lowest BCUT2D eigenvalue weighted by atomic mass is 10.1. The van der Waals surface area contributed by atoms with E-state index in [1.54, 1.807) is 4.90 Å². The first kappa shape index (κ1) is 30.7. The van der Waals surface area contributed by atoms with Gasteiger partial charge in [0.25, 0.3) is 5.91 Å². The van der Waals surface area contributed by atoms with Gasteiger partial charge in [-0.3, -0.25) is 9.59 Å². The van der Waals surface area contributed by atoms with Crippen molar-refractivity contribution in [1.29, 1.82) is 0 Å². The molecule has 39 heavy (non-hydrogen) atoms. The van der Waals surface area contributed by atoms with Gasteiger partial charge in [-0.25, -0.2) is 0 Å². The molecule has 1 fully saturated rings. The van der Waals surface area contributed by atoms with E-state index in [2.05, 4.69) is 20.4 Å². The van der Waals surface area contributed by atoms with Crippen LogP contribution in [0.3, 0.4) is 0 Å². The third-order valence-electron chi connectivity index (χ3n) is 6.47. The maximum Gasteiger partial charge on any atom is 0.282 e. The van der Waals surface area contributed by atoms with Crippen LogP contribution in [0, 0.1) is 0 Å². The highest BCUT2D eigenvalue weighted by Gasteiger charge is 2.32. The van der Waals surface area contributed by atoms with Crippen molar-refractivity contribution in [2.75, 3.05) is 25.0 Å². The van der Waals surface area contributed by atoms with Crippen LogP contribution >= 0.6 is 22.9 Å². The highest BCUT2D eigenvalue weighted by Crippen LogP contribution is 2.23. The van der Waals surface area contributed by atoms with E-state index in [9.17, 15) is 14.7 Å². The van der Waals surface area contributed by atoms with Gasteiger partial charge in [0.2, 0.25) is 10.9 Å². The number of carbonyl (C=O) groups is 2. The average Bonchev–Trinajstić information content (AvgIpc) is 3.49. The van der Waals surface area contributed by atoms with Gasteiger partial charge in [-0.2, -0.15) is 0 Å². The third kappa shape index (κ3) is 9.10. The summed E-state index contributed by atoms with van der Waals surface area (Å²) >= 11 is 7.22. The van der Waals surface area contributed by atoms with Crippen molar-refractivity contribution in [3.8, 4) is 0 Å². The lowest BCUT2D eigenvalue weighted by molar-refractivity contribution is -0.117. The van der Waals surface area contributed by atoms with Gasteiger partial charge in [-0.05, 0) is 69.1 Å².